The Balaban J connectivity index is 1.38. The SMILES string of the molecule is CC(CC=O)CN1CCc2nc(-c3ccc(OCc4ccc(Cl)cc4)cc3)ncc2C1. The number of aromatic nitrogens is 2. The van der Waals surface area contributed by atoms with Gasteiger partial charge in [0.05, 0.1) is 5.69 Å². The molecule has 160 valence electrons. The largest absolute Gasteiger partial charge is 0.489 e. The van der Waals surface area contributed by atoms with Gasteiger partial charge in [-0.1, -0.05) is 30.7 Å². The highest BCUT2D eigenvalue weighted by atomic mass is 35.5. The van der Waals surface area contributed by atoms with E-state index in [4.69, 9.17) is 21.3 Å². The second kappa shape index (κ2) is 10.0. The Labute approximate surface area is 188 Å². The molecule has 31 heavy (non-hydrogen) atoms. The van der Waals surface area contributed by atoms with Crippen molar-refractivity contribution in [3.8, 4) is 17.1 Å². The van der Waals surface area contributed by atoms with Crippen molar-refractivity contribution >= 4 is 17.9 Å². The molecule has 0 amide bonds. The number of rotatable bonds is 8. The quantitative estimate of drug-likeness (QED) is 0.468. The molecule has 3 aromatic rings. The molecular formula is C25H26ClN3O2. The Morgan fingerprint density at radius 1 is 1.16 bits per heavy atom. The molecule has 0 spiro atoms. The number of halogens is 1. The maximum Gasteiger partial charge on any atom is 0.159 e. The number of hydrogen-bond donors (Lipinski definition) is 0. The lowest BCUT2D eigenvalue weighted by Crippen LogP contribution is -2.34. The standard InChI is InChI=1S/C25H26ClN3O2/c1-18(11-13-30)15-29-12-10-24-21(16-29)14-27-25(28-24)20-4-8-23(9-5-20)31-17-19-2-6-22(26)7-3-19/h2-9,13-14,18H,10-12,15-17H2,1H3. The first-order valence-corrected chi connectivity index (χ1v) is 11.0. The molecule has 1 atom stereocenters. The molecule has 4 rings (SSSR count). The number of ether oxygens (including phenoxy) is 1. The van der Waals surface area contributed by atoms with Gasteiger partial charge in [-0.3, -0.25) is 4.90 Å². The average Bonchev–Trinajstić information content (AvgIpc) is 2.79. The molecule has 0 saturated carbocycles. The fourth-order valence-electron chi connectivity index (χ4n) is 3.80. The predicted octanol–water partition coefficient (Wildman–Crippen LogP) is 4.96. The monoisotopic (exact) mass is 435 g/mol. The van der Waals surface area contributed by atoms with Crippen molar-refractivity contribution in [1.82, 2.24) is 14.9 Å². The summed E-state index contributed by atoms with van der Waals surface area (Å²) in [4.78, 5) is 22.5. The minimum absolute atomic E-state index is 0.375. The fraction of sp³-hybridized carbons (Fsp3) is 0.320. The van der Waals surface area contributed by atoms with Gasteiger partial charge in [0, 0.05) is 54.8 Å². The zero-order chi connectivity index (χ0) is 21.6. The van der Waals surface area contributed by atoms with Crippen LogP contribution in [0.1, 0.15) is 30.2 Å². The van der Waals surface area contributed by atoms with Gasteiger partial charge in [0.1, 0.15) is 18.6 Å². The third-order valence-corrected chi connectivity index (χ3v) is 5.76. The van der Waals surface area contributed by atoms with E-state index in [-0.39, 0.29) is 0 Å². The number of aldehydes is 1. The van der Waals surface area contributed by atoms with Gasteiger partial charge in [0.15, 0.2) is 5.82 Å². The summed E-state index contributed by atoms with van der Waals surface area (Å²) in [5.41, 5.74) is 4.34. The molecule has 0 radical (unpaired) electrons. The van der Waals surface area contributed by atoms with E-state index in [0.717, 1.165) is 65.8 Å². The minimum Gasteiger partial charge on any atom is -0.489 e. The Bertz CT molecular complexity index is 1020. The molecule has 0 bridgehead atoms. The Kier molecular flexibility index (Phi) is 6.95. The summed E-state index contributed by atoms with van der Waals surface area (Å²) in [5.74, 6) is 1.92. The van der Waals surface area contributed by atoms with Gasteiger partial charge in [-0.15, -0.1) is 0 Å². The van der Waals surface area contributed by atoms with E-state index < -0.39 is 0 Å². The second-order valence-corrected chi connectivity index (χ2v) is 8.53. The lowest BCUT2D eigenvalue weighted by molar-refractivity contribution is -0.108. The Hall–Kier alpha value is -2.76. The molecule has 2 aromatic carbocycles. The van der Waals surface area contributed by atoms with Crippen LogP contribution in [-0.2, 0) is 24.4 Å². The first kappa shape index (κ1) is 21.5. The van der Waals surface area contributed by atoms with Crippen LogP contribution < -0.4 is 4.74 Å². The highest BCUT2D eigenvalue weighted by Crippen LogP contribution is 2.24. The highest BCUT2D eigenvalue weighted by molar-refractivity contribution is 6.30. The lowest BCUT2D eigenvalue weighted by atomic mass is 10.0. The lowest BCUT2D eigenvalue weighted by Gasteiger charge is -2.29. The first-order chi connectivity index (χ1) is 15.1. The third-order valence-electron chi connectivity index (χ3n) is 5.51. The molecule has 1 aliphatic rings. The summed E-state index contributed by atoms with van der Waals surface area (Å²) >= 11 is 5.92. The van der Waals surface area contributed by atoms with Crippen molar-refractivity contribution in [2.24, 2.45) is 5.92 Å². The van der Waals surface area contributed by atoms with Crippen molar-refractivity contribution in [1.29, 1.82) is 0 Å². The van der Waals surface area contributed by atoms with Gasteiger partial charge in [0.2, 0.25) is 0 Å². The molecule has 1 aromatic heterocycles. The number of nitrogens with zero attached hydrogens (tertiary/aromatic N) is 3. The van der Waals surface area contributed by atoms with Crippen molar-refractivity contribution in [2.45, 2.75) is 32.9 Å². The number of hydrogen-bond acceptors (Lipinski definition) is 5. The second-order valence-electron chi connectivity index (χ2n) is 8.10. The molecule has 0 saturated heterocycles. The normalized spacial score (nSPS) is 14.6. The van der Waals surface area contributed by atoms with Gasteiger partial charge < -0.3 is 9.53 Å². The minimum atomic E-state index is 0.375. The van der Waals surface area contributed by atoms with E-state index in [9.17, 15) is 4.79 Å². The molecule has 0 fully saturated rings. The Morgan fingerprint density at radius 2 is 1.94 bits per heavy atom. The smallest absolute Gasteiger partial charge is 0.159 e. The van der Waals surface area contributed by atoms with E-state index in [1.54, 1.807) is 0 Å². The van der Waals surface area contributed by atoms with E-state index in [2.05, 4.69) is 16.8 Å². The summed E-state index contributed by atoms with van der Waals surface area (Å²) in [5, 5.41) is 0.721. The first-order valence-electron chi connectivity index (χ1n) is 10.6. The van der Waals surface area contributed by atoms with Crippen LogP contribution in [0.25, 0.3) is 11.4 Å². The van der Waals surface area contributed by atoms with E-state index in [1.807, 2.05) is 54.7 Å². The maximum absolute atomic E-state index is 10.7. The van der Waals surface area contributed by atoms with Crippen LogP contribution in [0.4, 0.5) is 0 Å². The van der Waals surface area contributed by atoms with Gasteiger partial charge in [0.25, 0.3) is 0 Å². The topological polar surface area (TPSA) is 55.3 Å². The number of carbonyl (C=O) groups excluding carboxylic acids is 1. The zero-order valence-corrected chi connectivity index (χ0v) is 18.4. The van der Waals surface area contributed by atoms with Gasteiger partial charge in [-0.25, -0.2) is 9.97 Å². The van der Waals surface area contributed by atoms with Gasteiger partial charge in [-0.2, -0.15) is 0 Å². The van der Waals surface area contributed by atoms with Crippen molar-refractivity contribution in [3.05, 3.63) is 76.6 Å². The summed E-state index contributed by atoms with van der Waals surface area (Å²) in [6.07, 6.45) is 4.46. The molecule has 2 heterocycles. The molecule has 0 N–H and O–H groups in total. The maximum atomic E-state index is 10.7. The van der Waals surface area contributed by atoms with Crippen LogP contribution in [0.2, 0.25) is 5.02 Å². The molecule has 6 heteroatoms. The average molecular weight is 436 g/mol. The molecular weight excluding hydrogens is 410 g/mol. The van der Waals surface area contributed by atoms with E-state index in [1.165, 1.54) is 5.56 Å². The van der Waals surface area contributed by atoms with Crippen LogP contribution in [0.3, 0.4) is 0 Å². The van der Waals surface area contributed by atoms with Crippen molar-refractivity contribution in [2.75, 3.05) is 13.1 Å². The van der Waals surface area contributed by atoms with Crippen LogP contribution >= 0.6 is 11.6 Å². The van der Waals surface area contributed by atoms with Crippen molar-refractivity contribution < 1.29 is 9.53 Å². The molecule has 5 nitrogen and oxygen atoms in total. The van der Waals surface area contributed by atoms with Crippen LogP contribution in [-0.4, -0.2) is 34.2 Å². The zero-order valence-electron chi connectivity index (χ0n) is 17.6. The van der Waals surface area contributed by atoms with Gasteiger partial charge in [-0.05, 0) is 47.9 Å². The number of fused-ring (bicyclic) bond motifs is 1. The summed E-state index contributed by atoms with van der Waals surface area (Å²) in [7, 11) is 0. The molecule has 1 aliphatic heterocycles. The van der Waals surface area contributed by atoms with Crippen LogP contribution in [0.15, 0.2) is 54.7 Å². The van der Waals surface area contributed by atoms with E-state index in [0.29, 0.717) is 18.9 Å². The van der Waals surface area contributed by atoms with E-state index >= 15 is 0 Å². The summed E-state index contributed by atoms with van der Waals surface area (Å²) in [6, 6.07) is 15.5. The summed E-state index contributed by atoms with van der Waals surface area (Å²) in [6.45, 7) is 5.35. The molecule has 1 unspecified atom stereocenters. The highest BCUT2D eigenvalue weighted by Gasteiger charge is 2.20. The Morgan fingerprint density at radius 3 is 2.68 bits per heavy atom. The van der Waals surface area contributed by atoms with Crippen LogP contribution in [0.5, 0.6) is 5.75 Å². The summed E-state index contributed by atoms with van der Waals surface area (Å²) < 4.78 is 5.86. The fourth-order valence-corrected chi connectivity index (χ4v) is 3.92. The molecule has 0 aliphatic carbocycles. The number of carbonyl (C=O) groups is 1. The van der Waals surface area contributed by atoms with Crippen molar-refractivity contribution in [3.63, 3.8) is 0 Å². The van der Waals surface area contributed by atoms with Crippen LogP contribution in [0, 0.1) is 5.92 Å². The van der Waals surface area contributed by atoms with Gasteiger partial charge >= 0.3 is 0 Å². The number of benzene rings is 2. The third kappa shape index (κ3) is 5.69. The predicted molar refractivity (Wildman–Crippen MR) is 122 cm³/mol.